The first-order valence-electron chi connectivity index (χ1n) is 4.75. The molecule has 2 aromatic rings. The van der Waals surface area contributed by atoms with Gasteiger partial charge in [0.2, 0.25) is 5.89 Å². The fraction of sp³-hybridized carbons (Fsp3) is 0.444. The Labute approximate surface area is 90.4 Å². The van der Waals surface area contributed by atoms with Gasteiger partial charge in [0.15, 0.2) is 5.82 Å². The Morgan fingerprint density at radius 1 is 1.60 bits per heavy atom. The zero-order valence-corrected chi connectivity index (χ0v) is 9.16. The molecule has 0 spiro atoms. The summed E-state index contributed by atoms with van der Waals surface area (Å²) in [4.78, 5) is 15.4. The first-order valence-corrected chi connectivity index (χ1v) is 5.63. The van der Waals surface area contributed by atoms with Crippen LogP contribution in [-0.4, -0.2) is 14.7 Å². The molecule has 80 valence electrons. The van der Waals surface area contributed by atoms with Crippen molar-refractivity contribution in [2.24, 2.45) is 0 Å². The minimum Gasteiger partial charge on any atom is -0.339 e. The number of thiazole rings is 1. The third-order valence-corrected chi connectivity index (χ3v) is 2.62. The smallest absolute Gasteiger partial charge is 0.307 e. The average molecular weight is 225 g/mol. The molecule has 0 unspecified atom stereocenters. The summed E-state index contributed by atoms with van der Waals surface area (Å²) in [6.45, 7) is 2.43. The number of aromatic nitrogens is 3. The van der Waals surface area contributed by atoms with E-state index < -0.39 is 0 Å². The minimum absolute atomic E-state index is 0.00292. The predicted octanol–water partition coefficient (Wildman–Crippen LogP) is 1.29. The average Bonchev–Trinajstić information content (AvgIpc) is 2.79. The fourth-order valence-corrected chi connectivity index (χ4v) is 1.82. The normalized spacial score (nSPS) is 10.7. The molecule has 0 saturated heterocycles. The van der Waals surface area contributed by atoms with E-state index in [9.17, 15) is 4.79 Å². The van der Waals surface area contributed by atoms with Gasteiger partial charge in [0, 0.05) is 18.0 Å². The zero-order chi connectivity index (χ0) is 10.7. The number of aryl methyl sites for hydroxylation is 1. The lowest BCUT2D eigenvalue weighted by Crippen LogP contribution is -2.13. The summed E-state index contributed by atoms with van der Waals surface area (Å²) in [5.74, 6) is 1.19. The van der Waals surface area contributed by atoms with Crippen molar-refractivity contribution in [1.82, 2.24) is 14.7 Å². The zero-order valence-electron chi connectivity index (χ0n) is 8.34. The van der Waals surface area contributed by atoms with Crippen LogP contribution in [0, 0.1) is 0 Å². The highest BCUT2D eigenvalue weighted by Crippen LogP contribution is 2.02. The quantitative estimate of drug-likeness (QED) is 0.786. The van der Waals surface area contributed by atoms with E-state index in [1.54, 1.807) is 16.1 Å². The lowest BCUT2D eigenvalue weighted by molar-refractivity contribution is 0.371. The van der Waals surface area contributed by atoms with Crippen molar-refractivity contribution in [3.63, 3.8) is 0 Å². The van der Waals surface area contributed by atoms with Crippen LogP contribution in [0.5, 0.6) is 0 Å². The summed E-state index contributed by atoms with van der Waals surface area (Å²) in [6.07, 6.45) is 3.48. The molecule has 0 fully saturated rings. The molecule has 6 heteroatoms. The summed E-state index contributed by atoms with van der Waals surface area (Å²) in [5.41, 5.74) is 0. The van der Waals surface area contributed by atoms with Crippen LogP contribution in [0.2, 0.25) is 0 Å². The van der Waals surface area contributed by atoms with Crippen molar-refractivity contribution in [3.8, 4) is 0 Å². The summed E-state index contributed by atoms with van der Waals surface area (Å²) in [7, 11) is 0. The molecule has 0 bridgehead atoms. The molecule has 2 rings (SSSR count). The van der Waals surface area contributed by atoms with Gasteiger partial charge in [-0.2, -0.15) is 4.98 Å². The van der Waals surface area contributed by atoms with Crippen molar-refractivity contribution < 1.29 is 4.52 Å². The van der Waals surface area contributed by atoms with E-state index in [0.717, 1.165) is 24.2 Å². The van der Waals surface area contributed by atoms with Gasteiger partial charge in [-0.05, 0) is 6.42 Å². The van der Waals surface area contributed by atoms with Gasteiger partial charge in [-0.1, -0.05) is 23.4 Å². The molecule has 0 amide bonds. The SMILES string of the molecule is CCCc1nc(Cn2ccsc2=O)no1. The molecular weight excluding hydrogens is 214 g/mol. The Balaban J connectivity index is 2.11. The van der Waals surface area contributed by atoms with Crippen molar-refractivity contribution >= 4 is 11.3 Å². The summed E-state index contributed by atoms with van der Waals surface area (Å²) < 4.78 is 6.58. The van der Waals surface area contributed by atoms with Crippen molar-refractivity contribution in [2.45, 2.75) is 26.3 Å². The van der Waals surface area contributed by atoms with E-state index in [0.29, 0.717) is 18.3 Å². The standard InChI is InChI=1S/C9H11N3O2S/c1-2-3-8-10-7(11-14-8)6-12-4-5-15-9(12)13/h4-5H,2-3,6H2,1H3. The van der Waals surface area contributed by atoms with Gasteiger partial charge >= 0.3 is 4.87 Å². The van der Waals surface area contributed by atoms with Crippen LogP contribution in [0.1, 0.15) is 25.1 Å². The van der Waals surface area contributed by atoms with Gasteiger partial charge in [0.25, 0.3) is 0 Å². The molecule has 2 aromatic heterocycles. The minimum atomic E-state index is -0.00292. The van der Waals surface area contributed by atoms with Crippen LogP contribution in [0.15, 0.2) is 20.9 Å². The van der Waals surface area contributed by atoms with Crippen LogP contribution in [-0.2, 0) is 13.0 Å². The summed E-state index contributed by atoms with van der Waals surface area (Å²) in [6, 6.07) is 0. The molecule has 0 aliphatic rings. The van der Waals surface area contributed by atoms with Crippen molar-refractivity contribution in [2.75, 3.05) is 0 Å². The van der Waals surface area contributed by atoms with E-state index in [1.807, 2.05) is 6.92 Å². The molecule has 0 N–H and O–H groups in total. The molecule has 0 saturated carbocycles. The van der Waals surface area contributed by atoms with Gasteiger partial charge < -0.3 is 4.52 Å². The largest absolute Gasteiger partial charge is 0.339 e. The number of hydrogen-bond donors (Lipinski definition) is 0. The highest BCUT2D eigenvalue weighted by atomic mass is 32.1. The maximum atomic E-state index is 11.3. The molecule has 15 heavy (non-hydrogen) atoms. The Morgan fingerprint density at radius 3 is 3.13 bits per heavy atom. The molecular formula is C9H11N3O2S. The number of nitrogens with zero attached hydrogens (tertiary/aromatic N) is 3. The number of rotatable bonds is 4. The van der Waals surface area contributed by atoms with E-state index in [1.165, 1.54) is 0 Å². The molecule has 0 radical (unpaired) electrons. The Bertz CT molecular complexity index is 485. The van der Waals surface area contributed by atoms with E-state index in [4.69, 9.17) is 4.52 Å². The summed E-state index contributed by atoms with van der Waals surface area (Å²) in [5, 5.41) is 5.55. The highest BCUT2D eigenvalue weighted by molar-refractivity contribution is 7.07. The Hall–Kier alpha value is -1.43. The Kier molecular flexibility index (Phi) is 2.96. The van der Waals surface area contributed by atoms with Crippen LogP contribution < -0.4 is 4.87 Å². The van der Waals surface area contributed by atoms with Crippen molar-refractivity contribution in [1.29, 1.82) is 0 Å². The molecule has 5 nitrogen and oxygen atoms in total. The van der Waals surface area contributed by atoms with E-state index >= 15 is 0 Å². The third kappa shape index (κ3) is 2.33. The molecule has 0 aliphatic heterocycles. The van der Waals surface area contributed by atoms with E-state index in [-0.39, 0.29) is 4.87 Å². The lowest BCUT2D eigenvalue weighted by Gasteiger charge is -1.92. The highest BCUT2D eigenvalue weighted by Gasteiger charge is 2.06. The van der Waals surface area contributed by atoms with Crippen molar-refractivity contribution in [3.05, 3.63) is 33.0 Å². The van der Waals surface area contributed by atoms with Crippen LogP contribution >= 0.6 is 11.3 Å². The topological polar surface area (TPSA) is 60.9 Å². The second-order valence-corrected chi connectivity index (χ2v) is 4.01. The van der Waals surface area contributed by atoms with Gasteiger partial charge in [-0.3, -0.25) is 9.36 Å². The lowest BCUT2D eigenvalue weighted by atomic mass is 10.3. The molecule has 2 heterocycles. The monoisotopic (exact) mass is 225 g/mol. The van der Waals surface area contributed by atoms with Gasteiger partial charge in [0.05, 0.1) is 6.54 Å². The molecule has 0 aliphatic carbocycles. The predicted molar refractivity (Wildman–Crippen MR) is 56.0 cm³/mol. The van der Waals surface area contributed by atoms with Gasteiger partial charge in [-0.25, -0.2) is 0 Å². The molecule has 0 aromatic carbocycles. The van der Waals surface area contributed by atoms with Crippen LogP contribution in [0.25, 0.3) is 0 Å². The second kappa shape index (κ2) is 4.39. The maximum Gasteiger partial charge on any atom is 0.307 e. The Morgan fingerprint density at radius 2 is 2.47 bits per heavy atom. The summed E-state index contributed by atoms with van der Waals surface area (Å²) >= 11 is 1.16. The van der Waals surface area contributed by atoms with Gasteiger partial charge in [0.1, 0.15) is 0 Å². The molecule has 0 atom stereocenters. The first kappa shape index (κ1) is 10.1. The fourth-order valence-electron chi connectivity index (χ4n) is 1.23. The third-order valence-electron chi connectivity index (χ3n) is 1.93. The van der Waals surface area contributed by atoms with Crippen LogP contribution in [0.4, 0.5) is 0 Å². The van der Waals surface area contributed by atoms with Crippen LogP contribution in [0.3, 0.4) is 0 Å². The maximum absolute atomic E-state index is 11.3. The second-order valence-electron chi connectivity index (χ2n) is 3.15. The van der Waals surface area contributed by atoms with E-state index in [2.05, 4.69) is 10.1 Å². The number of hydrogen-bond acceptors (Lipinski definition) is 5. The first-order chi connectivity index (χ1) is 7.29. The van der Waals surface area contributed by atoms with Gasteiger partial charge in [-0.15, -0.1) is 0 Å².